The number of tetrazole rings is 1. The van der Waals surface area contributed by atoms with Crippen LogP contribution in [0.25, 0.3) is 0 Å². The summed E-state index contributed by atoms with van der Waals surface area (Å²) in [6.45, 7) is 4.29. The van der Waals surface area contributed by atoms with Gasteiger partial charge in [-0.25, -0.2) is 4.68 Å². The molecule has 1 aliphatic rings. The first kappa shape index (κ1) is 16.1. The lowest BCUT2D eigenvalue weighted by Gasteiger charge is -2.23. The molecule has 1 saturated heterocycles. The molecule has 2 aromatic rings. The molecule has 0 radical (unpaired) electrons. The fraction of sp³-hybridized carbons (Fsp3) is 0.667. The van der Waals surface area contributed by atoms with Crippen LogP contribution in [0, 0.1) is 0 Å². The molecule has 0 aliphatic carbocycles. The lowest BCUT2D eigenvalue weighted by Crippen LogP contribution is -2.32. The van der Waals surface area contributed by atoms with E-state index in [-0.39, 0.29) is 6.10 Å². The summed E-state index contributed by atoms with van der Waals surface area (Å²) in [5, 5.41) is 12.0. The third-order valence-electron chi connectivity index (χ3n) is 3.92. The van der Waals surface area contributed by atoms with E-state index in [0.717, 1.165) is 37.6 Å². The first-order chi connectivity index (χ1) is 11.3. The zero-order valence-electron chi connectivity index (χ0n) is 13.4. The van der Waals surface area contributed by atoms with Gasteiger partial charge in [0.15, 0.2) is 5.82 Å². The smallest absolute Gasteiger partial charge is 0.165 e. The van der Waals surface area contributed by atoms with Crippen LogP contribution in [0.1, 0.15) is 24.4 Å². The summed E-state index contributed by atoms with van der Waals surface area (Å²) in [5.74, 6) is 1.76. The van der Waals surface area contributed by atoms with Crippen molar-refractivity contribution >= 4 is 0 Å². The highest BCUT2D eigenvalue weighted by molar-refractivity contribution is 4.98. The highest BCUT2D eigenvalue weighted by Crippen LogP contribution is 2.16. The molecule has 1 fully saturated rings. The number of methoxy groups -OCH3 is 1. The van der Waals surface area contributed by atoms with Gasteiger partial charge in [-0.1, -0.05) is 0 Å². The van der Waals surface area contributed by atoms with Crippen LogP contribution in [0.5, 0.6) is 0 Å². The predicted octanol–water partition coefficient (Wildman–Crippen LogP) is 1.09. The van der Waals surface area contributed by atoms with E-state index in [4.69, 9.17) is 13.9 Å². The minimum Gasteiger partial charge on any atom is -0.468 e. The predicted molar refractivity (Wildman–Crippen MR) is 81.5 cm³/mol. The van der Waals surface area contributed by atoms with E-state index in [1.165, 1.54) is 0 Å². The lowest BCUT2D eigenvalue weighted by atomic mass is 10.2. The molecule has 0 unspecified atom stereocenters. The van der Waals surface area contributed by atoms with Crippen LogP contribution >= 0.6 is 0 Å². The zero-order chi connectivity index (χ0) is 15.9. The second-order valence-electron chi connectivity index (χ2n) is 5.70. The van der Waals surface area contributed by atoms with Crippen molar-refractivity contribution in [2.75, 3.05) is 26.9 Å². The van der Waals surface area contributed by atoms with Crippen LogP contribution in [-0.2, 0) is 29.1 Å². The van der Waals surface area contributed by atoms with Gasteiger partial charge in [0.1, 0.15) is 5.76 Å². The molecule has 0 spiro atoms. The Balaban J connectivity index is 1.65. The number of aromatic nitrogens is 4. The average Bonchev–Trinajstić information content (AvgIpc) is 3.28. The number of hydrogen-bond acceptors (Lipinski definition) is 7. The summed E-state index contributed by atoms with van der Waals surface area (Å²) in [7, 11) is 1.67. The molecule has 1 atom stereocenters. The number of ether oxygens (including phenoxy) is 2. The van der Waals surface area contributed by atoms with Crippen molar-refractivity contribution in [2.45, 2.75) is 38.6 Å². The molecular weight excluding hydrogens is 298 g/mol. The molecule has 0 N–H and O–H groups in total. The number of hydrogen-bond donors (Lipinski definition) is 0. The van der Waals surface area contributed by atoms with Crippen molar-refractivity contribution in [3.8, 4) is 0 Å². The fourth-order valence-corrected chi connectivity index (χ4v) is 2.77. The lowest BCUT2D eigenvalue weighted by molar-refractivity contribution is 0.0637. The molecule has 0 aromatic carbocycles. The second-order valence-corrected chi connectivity index (χ2v) is 5.70. The molecule has 126 valence electrons. The largest absolute Gasteiger partial charge is 0.468 e. The highest BCUT2D eigenvalue weighted by atomic mass is 16.5. The molecule has 3 rings (SSSR count). The second kappa shape index (κ2) is 8.19. The Morgan fingerprint density at radius 3 is 3.13 bits per heavy atom. The Labute approximate surface area is 135 Å². The van der Waals surface area contributed by atoms with E-state index < -0.39 is 0 Å². The van der Waals surface area contributed by atoms with Crippen molar-refractivity contribution in [3.63, 3.8) is 0 Å². The summed E-state index contributed by atoms with van der Waals surface area (Å²) in [4.78, 5) is 2.27. The monoisotopic (exact) mass is 321 g/mol. The first-order valence-electron chi connectivity index (χ1n) is 7.95. The zero-order valence-corrected chi connectivity index (χ0v) is 13.4. The van der Waals surface area contributed by atoms with Gasteiger partial charge in [-0.3, -0.25) is 4.90 Å². The van der Waals surface area contributed by atoms with Gasteiger partial charge in [0.2, 0.25) is 0 Å². The van der Waals surface area contributed by atoms with Crippen molar-refractivity contribution < 1.29 is 13.9 Å². The molecular formula is C15H23N5O3. The summed E-state index contributed by atoms with van der Waals surface area (Å²) < 4.78 is 18.1. The average molecular weight is 321 g/mol. The van der Waals surface area contributed by atoms with E-state index >= 15 is 0 Å². The Hall–Kier alpha value is -1.77. The molecule has 0 amide bonds. The minimum absolute atomic E-state index is 0.272. The van der Waals surface area contributed by atoms with Gasteiger partial charge < -0.3 is 13.9 Å². The molecule has 2 aromatic heterocycles. The SMILES string of the molecule is COCCn1nnnc1CN(Cc1ccco1)C[C@H]1CCCO1. The first-order valence-corrected chi connectivity index (χ1v) is 7.95. The molecule has 0 saturated carbocycles. The highest BCUT2D eigenvalue weighted by Gasteiger charge is 2.21. The van der Waals surface area contributed by atoms with E-state index in [1.54, 1.807) is 18.1 Å². The van der Waals surface area contributed by atoms with Crippen LogP contribution in [0.2, 0.25) is 0 Å². The van der Waals surface area contributed by atoms with Gasteiger partial charge in [0.25, 0.3) is 0 Å². The van der Waals surface area contributed by atoms with E-state index in [9.17, 15) is 0 Å². The van der Waals surface area contributed by atoms with Gasteiger partial charge >= 0.3 is 0 Å². The maximum atomic E-state index is 5.77. The maximum absolute atomic E-state index is 5.77. The summed E-state index contributed by atoms with van der Waals surface area (Å²) in [6.07, 6.45) is 4.20. The van der Waals surface area contributed by atoms with Crippen LogP contribution in [-0.4, -0.2) is 58.1 Å². The molecule has 8 heteroatoms. The third-order valence-corrected chi connectivity index (χ3v) is 3.92. The molecule has 8 nitrogen and oxygen atoms in total. The van der Waals surface area contributed by atoms with Crippen LogP contribution < -0.4 is 0 Å². The molecule has 0 bridgehead atoms. The Kier molecular flexibility index (Phi) is 5.73. The quantitative estimate of drug-likeness (QED) is 0.684. The van der Waals surface area contributed by atoms with Gasteiger partial charge in [-0.2, -0.15) is 0 Å². The maximum Gasteiger partial charge on any atom is 0.165 e. The number of furan rings is 1. The van der Waals surface area contributed by atoms with E-state index in [1.807, 2.05) is 12.1 Å². The van der Waals surface area contributed by atoms with E-state index in [2.05, 4.69) is 20.4 Å². The van der Waals surface area contributed by atoms with Crippen molar-refractivity contribution in [3.05, 3.63) is 30.0 Å². The normalized spacial score (nSPS) is 18.1. The van der Waals surface area contributed by atoms with Gasteiger partial charge in [-0.15, -0.1) is 5.10 Å². The van der Waals surface area contributed by atoms with Crippen molar-refractivity contribution in [2.24, 2.45) is 0 Å². The Bertz CT molecular complexity index is 565. The summed E-state index contributed by atoms with van der Waals surface area (Å²) >= 11 is 0. The van der Waals surface area contributed by atoms with Crippen molar-refractivity contribution in [1.29, 1.82) is 0 Å². The molecule has 1 aliphatic heterocycles. The molecule has 3 heterocycles. The van der Waals surface area contributed by atoms with Gasteiger partial charge in [0.05, 0.1) is 38.6 Å². The number of rotatable bonds is 9. The van der Waals surface area contributed by atoms with Crippen LogP contribution in [0.4, 0.5) is 0 Å². The number of nitrogens with zero attached hydrogens (tertiary/aromatic N) is 5. The van der Waals surface area contributed by atoms with Gasteiger partial charge in [0, 0.05) is 20.3 Å². The molecule has 23 heavy (non-hydrogen) atoms. The minimum atomic E-state index is 0.272. The third kappa shape index (κ3) is 4.60. The van der Waals surface area contributed by atoms with Gasteiger partial charge in [-0.05, 0) is 35.4 Å². The standard InChI is InChI=1S/C15H23N5O3/c1-21-9-6-20-15(16-17-18-20)12-19(10-13-4-2-7-22-13)11-14-5-3-8-23-14/h2,4,7,14H,3,5-6,8-12H2,1H3/t14-/m1/s1. The van der Waals surface area contributed by atoms with Crippen LogP contribution in [0.15, 0.2) is 22.8 Å². The topological polar surface area (TPSA) is 78.4 Å². The fourth-order valence-electron chi connectivity index (χ4n) is 2.77. The summed E-state index contributed by atoms with van der Waals surface area (Å²) in [5.41, 5.74) is 0. The summed E-state index contributed by atoms with van der Waals surface area (Å²) in [6, 6.07) is 3.89. The Morgan fingerprint density at radius 2 is 2.39 bits per heavy atom. The van der Waals surface area contributed by atoms with Crippen molar-refractivity contribution in [1.82, 2.24) is 25.1 Å². The van der Waals surface area contributed by atoms with Crippen LogP contribution in [0.3, 0.4) is 0 Å². The Morgan fingerprint density at radius 1 is 1.43 bits per heavy atom. The van der Waals surface area contributed by atoms with E-state index in [0.29, 0.717) is 26.2 Å².